The highest BCUT2D eigenvalue weighted by atomic mass is 35.5. The summed E-state index contributed by atoms with van der Waals surface area (Å²) in [5.41, 5.74) is 3.38. The summed E-state index contributed by atoms with van der Waals surface area (Å²) in [5, 5.41) is 4.40. The number of nitrogens with one attached hydrogen (secondary N) is 1. The van der Waals surface area contributed by atoms with Crippen molar-refractivity contribution in [1.82, 2.24) is 5.43 Å². The van der Waals surface area contributed by atoms with E-state index >= 15 is 0 Å². The summed E-state index contributed by atoms with van der Waals surface area (Å²) in [6.07, 6.45) is 1.46. The van der Waals surface area contributed by atoms with Crippen LogP contribution in [0.25, 0.3) is 0 Å². The molecule has 9 heteroatoms. The van der Waals surface area contributed by atoms with Crippen LogP contribution in [-0.2, 0) is 4.79 Å². The Morgan fingerprint density at radius 3 is 2.39 bits per heavy atom. The Bertz CT molecular complexity index is 1150. The Morgan fingerprint density at radius 1 is 0.939 bits per heavy atom. The van der Waals surface area contributed by atoms with E-state index in [2.05, 4.69) is 10.5 Å². The van der Waals surface area contributed by atoms with E-state index < -0.39 is 11.9 Å². The molecular formula is C24H21ClN2O6. The van der Waals surface area contributed by atoms with Gasteiger partial charge in [-0.2, -0.15) is 5.10 Å². The lowest BCUT2D eigenvalue weighted by Gasteiger charge is -2.09. The number of amides is 1. The van der Waals surface area contributed by atoms with Gasteiger partial charge in [-0.25, -0.2) is 10.2 Å². The normalized spacial score (nSPS) is 10.5. The second-order valence-electron chi connectivity index (χ2n) is 6.57. The van der Waals surface area contributed by atoms with Crippen molar-refractivity contribution in [2.75, 3.05) is 20.8 Å². The molecule has 1 N–H and O–H groups in total. The molecule has 1 amide bonds. The number of ether oxygens (including phenoxy) is 4. The molecule has 0 aromatic heterocycles. The summed E-state index contributed by atoms with van der Waals surface area (Å²) in [4.78, 5) is 24.2. The molecule has 0 radical (unpaired) electrons. The number of carbonyl (C=O) groups excluding carboxylic acids is 2. The Labute approximate surface area is 195 Å². The molecule has 3 aromatic rings. The average Bonchev–Trinajstić information content (AvgIpc) is 2.83. The topological polar surface area (TPSA) is 95.5 Å². The maximum atomic E-state index is 12.4. The molecule has 0 aliphatic rings. The molecule has 0 saturated carbocycles. The summed E-state index contributed by atoms with van der Waals surface area (Å²) >= 11 is 5.86. The van der Waals surface area contributed by atoms with Gasteiger partial charge < -0.3 is 18.9 Å². The number of hydrazone groups is 1. The molecule has 0 unspecified atom stereocenters. The summed E-state index contributed by atoms with van der Waals surface area (Å²) in [6.45, 7) is -0.206. The van der Waals surface area contributed by atoms with Crippen molar-refractivity contribution in [3.8, 4) is 23.0 Å². The summed E-state index contributed by atoms with van der Waals surface area (Å²) in [5.74, 6) is 0.820. The molecule has 0 atom stereocenters. The first-order chi connectivity index (χ1) is 16.0. The van der Waals surface area contributed by atoms with E-state index in [1.807, 2.05) is 0 Å². The fraction of sp³-hybridized carbons (Fsp3) is 0.125. The second kappa shape index (κ2) is 11.5. The van der Waals surface area contributed by atoms with Crippen LogP contribution in [0, 0.1) is 0 Å². The van der Waals surface area contributed by atoms with Gasteiger partial charge in [0.2, 0.25) is 0 Å². The fourth-order valence-corrected chi connectivity index (χ4v) is 2.85. The Kier molecular flexibility index (Phi) is 8.26. The van der Waals surface area contributed by atoms with Crippen LogP contribution < -0.4 is 24.4 Å². The number of rotatable bonds is 9. The second-order valence-corrected chi connectivity index (χ2v) is 7.00. The van der Waals surface area contributed by atoms with Crippen LogP contribution in [0.1, 0.15) is 15.9 Å². The van der Waals surface area contributed by atoms with Gasteiger partial charge in [0.1, 0.15) is 11.5 Å². The number of hydrogen-bond acceptors (Lipinski definition) is 7. The van der Waals surface area contributed by atoms with E-state index in [0.717, 1.165) is 0 Å². The zero-order valence-electron chi connectivity index (χ0n) is 17.9. The average molecular weight is 469 g/mol. The lowest BCUT2D eigenvalue weighted by molar-refractivity contribution is -0.123. The van der Waals surface area contributed by atoms with Crippen molar-refractivity contribution in [1.29, 1.82) is 0 Å². The van der Waals surface area contributed by atoms with Gasteiger partial charge in [-0.1, -0.05) is 17.7 Å². The van der Waals surface area contributed by atoms with Crippen LogP contribution in [0.15, 0.2) is 71.8 Å². The largest absolute Gasteiger partial charge is 0.493 e. The highest BCUT2D eigenvalue weighted by molar-refractivity contribution is 6.30. The van der Waals surface area contributed by atoms with Gasteiger partial charge >= 0.3 is 5.97 Å². The van der Waals surface area contributed by atoms with E-state index in [9.17, 15) is 9.59 Å². The molecule has 3 aromatic carbocycles. The molecule has 0 bridgehead atoms. The van der Waals surface area contributed by atoms with Crippen LogP contribution in [0.4, 0.5) is 0 Å². The van der Waals surface area contributed by atoms with Gasteiger partial charge in [-0.05, 0) is 66.2 Å². The Morgan fingerprint density at radius 2 is 1.70 bits per heavy atom. The maximum absolute atomic E-state index is 12.4. The number of halogens is 1. The van der Waals surface area contributed by atoms with E-state index in [4.69, 9.17) is 30.5 Å². The lowest BCUT2D eigenvalue weighted by atomic mass is 10.2. The van der Waals surface area contributed by atoms with Crippen molar-refractivity contribution < 1.29 is 28.5 Å². The van der Waals surface area contributed by atoms with Gasteiger partial charge in [0.25, 0.3) is 5.91 Å². The fourth-order valence-electron chi connectivity index (χ4n) is 2.67. The molecule has 0 aliphatic carbocycles. The number of nitrogens with zero attached hydrogens (tertiary/aromatic N) is 1. The highest BCUT2D eigenvalue weighted by Gasteiger charge is 2.13. The highest BCUT2D eigenvalue weighted by Crippen LogP contribution is 2.28. The summed E-state index contributed by atoms with van der Waals surface area (Å²) in [6, 6.07) is 18.1. The quantitative estimate of drug-likeness (QED) is 0.220. The van der Waals surface area contributed by atoms with Gasteiger partial charge in [-0.3, -0.25) is 4.79 Å². The lowest BCUT2D eigenvalue weighted by Crippen LogP contribution is -2.24. The van der Waals surface area contributed by atoms with Crippen molar-refractivity contribution in [3.63, 3.8) is 0 Å². The zero-order valence-corrected chi connectivity index (χ0v) is 18.7. The molecule has 3 rings (SSSR count). The summed E-state index contributed by atoms with van der Waals surface area (Å²) in [7, 11) is 3.00. The predicted molar refractivity (Wildman–Crippen MR) is 124 cm³/mol. The number of carbonyl (C=O) groups is 2. The monoisotopic (exact) mass is 468 g/mol. The smallest absolute Gasteiger partial charge is 0.343 e. The predicted octanol–water partition coefficient (Wildman–Crippen LogP) is 4.11. The maximum Gasteiger partial charge on any atom is 0.343 e. The van der Waals surface area contributed by atoms with Crippen molar-refractivity contribution >= 4 is 29.7 Å². The third-order valence-electron chi connectivity index (χ3n) is 4.28. The molecule has 0 heterocycles. The van der Waals surface area contributed by atoms with Gasteiger partial charge in [0, 0.05) is 5.02 Å². The van der Waals surface area contributed by atoms with Crippen molar-refractivity contribution in [2.24, 2.45) is 5.10 Å². The number of esters is 1. The van der Waals surface area contributed by atoms with Gasteiger partial charge in [0.15, 0.2) is 18.1 Å². The summed E-state index contributed by atoms with van der Waals surface area (Å²) < 4.78 is 21.1. The minimum atomic E-state index is -0.538. The van der Waals surface area contributed by atoms with Crippen LogP contribution >= 0.6 is 11.6 Å². The van der Waals surface area contributed by atoms with Crippen LogP contribution in [0.3, 0.4) is 0 Å². The van der Waals surface area contributed by atoms with Crippen LogP contribution in [0.5, 0.6) is 23.0 Å². The molecule has 33 heavy (non-hydrogen) atoms. The van der Waals surface area contributed by atoms with E-state index in [1.165, 1.54) is 20.4 Å². The molecular weight excluding hydrogens is 448 g/mol. The first-order valence-corrected chi connectivity index (χ1v) is 10.1. The number of hydrogen-bond donors (Lipinski definition) is 1. The first-order valence-electron chi connectivity index (χ1n) is 9.73. The third-order valence-corrected chi connectivity index (χ3v) is 4.51. The zero-order chi connectivity index (χ0) is 23.6. The third kappa shape index (κ3) is 6.98. The standard InChI is InChI=1S/C24H21ClN2O6/c1-30-21-11-8-17(12-22(21)31-2)24(29)33-19-9-6-16(7-10-19)14-26-27-23(28)15-32-20-5-3-4-18(25)13-20/h3-14H,15H2,1-2H3,(H,27,28)/b26-14+. The molecule has 0 aliphatic heterocycles. The molecule has 0 fully saturated rings. The van der Waals surface area contributed by atoms with Crippen LogP contribution in [0.2, 0.25) is 5.02 Å². The number of methoxy groups -OCH3 is 2. The van der Waals surface area contributed by atoms with Crippen molar-refractivity contribution in [2.45, 2.75) is 0 Å². The Hall–Kier alpha value is -4.04. The van der Waals surface area contributed by atoms with Gasteiger partial charge in [0.05, 0.1) is 26.0 Å². The first kappa shape index (κ1) is 23.6. The van der Waals surface area contributed by atoms with Crippen molar-refractivity contribution in [3.05, 3.63) is 82.9 Å². The molecule has 8 nitrogen and oxygen atoms in total. The minimum Gasteiger partial charge on any atom is -0.493 e. The minimum absolute atomic E-state index is 0.206. The molecule has 0 spiro atoms. The Balaban J connectivity index is 1.50. The number of benzene rings is 3. The van der Waals surface area contributed by atoms with E-state index in [-0.39, 0.29) is 6.61 Å². The van der Waals surface area contributed by atoms with Gasteiger partial charge in [-0.15, -0.1) is 0 Å². The SMILES string of the molecule is COc1ccc(C(=O)Oc2ccc(/C=N/NC(=O)COc3cccc(Cl)c3)cc2)cc1OC. The van der Waals surface area contributed by atoms with Crippen LogP contribution in [-0.4, -0.2) is 38.9 Å². The van der Waals surface area contributed by atoms with E-state index in [0.29, 0.717) is 39.1 Å². The van der Waals surface area contributed by atoms with E-state index in [1.54, 1.807) is 66.7 Å². The molecule has 170 valence electrons. The molecule has 0 saturated heterocycles.